The highest BCUT2D eigenvalue weighted by molar-refractivity contribution is 5.87. The van der Waals surface area contributed by atoms with Crippen LogP contribution in [0.2, 0.25) is 0 Å². The van der Waals surface area contributed by atoms with Crippen molar-refractivity contribution in [2.24, 2.45) is 4.99 Å². The molecule has 0 radical (unpaired) electrons. The normalized spacial score (nSPS) is 15.6. The van der Waals surface area contributed by atoms with Gasteiger partial charge < -0.3 is 10.1 Å². The average molecular weight is 255 g/mol. The van der Waals surface area contributed by atoms with E-state index in [0.717, 1.165) is 24.7 Å². The van der Waals surface area contributed by atoms with Crippen LogP contribution in [0.15, 0.2) is 23.2 Å². The van der Waals surface area contributed by atoms with Crippen molar-refractivity contribution in [1.29, 1.82) is 0 Å². The Kier molecular flexibility index (Phi) is 4.82. The van der Waals surface area contributed by atoms with Gasteiger partial charge in [-0.3, -0.25) is 4.99 Å². The summed E-state index contributed by atoms with van der Waals surface area (Å²) in [5.74, 6) is 1.91. The van der Waals surface area contributed by atoms with E-state index in [2.05, 4.69) is 30.2 Å². The molecule has 2 rings (SSSR count). The molecular formula is C13H19ClN2O. The first kappa shape index (κ1) is 13.8. The molecule has 0 saturated carbocycles. The maximum atomic E-state index is 5.92. The van der Waals surface area contributed by atoms with Crippen molar-refractivity contribution < 1.29 is 4.74 Å². The van der Waals surface area contributed by atoms with E-state index in [1.165, 1.54) is 11.1 Å². The fraction of sp³-hybridized carbons (Fsp3) is 0.462. The van der Waals surface area contributed by atoms with E-state index in [4.69, 9.17) is 4.74 Å². The first-order chi connectivity index (χ1) is 7.68. The molecule has 0 spiro atoms. The van der Waals surface area contributed by atoms with Gasteiger partial charge in [0.25, 0.3) is 0 Å². The second-order valence-electron chi connectivity index (χ2n) is 4.15. The Morgan fingerprint density at radius 3 is 2.76 bits per heavy atom. The molecule has 0 bridgehead atoms. The predicted octanol–water partition coefficient (Wildman–Crippen LogP) is 2.49. The molecule has 1 atom stereocenters. The van der Waals surface area contributed by atoms with Crippen LogP contribution in [0.5, 0.6) is 5.75 Å². The van der Waals surface area contributed by atoms with Gasteiger partial charge in [-0.1, -0.05) is 12.1 Å². The van der Waals surface area contributed by atoms with Gasteiger partial charge in [0.2, 0.25) is 0 Å². The predicted molar refractivity (Wildman–Crippen MR) is 73.6 cm³/mol. The Morgan fingerprint density at radius 1 is 1.35 bits per heavy atom. The average Bonchev–Trinajstić information content (AvgIpc) is 2.78. The number of hydrogen-bond acceptors (Lipinski definition) is 3. The van der Waals surface area contributed by atoms with Gasteiger partial charge in [0.1, 0.15) is 11.6 Å². The molecule has 4 heteroatoms. The zero-order valence-electron chi connectivity index (χ0n) is 10.5. The van der Waals surface area contributed by atoms with E-state index in [0.29, 0.717) is 0 Å². The van der Waals surface area contributed by atoms with Crippen LogP contribution >= 0.6 is 12.4 Å². The standard InChI is InChI=1S/C13H18N2O.ClH/c1-9-5-4-6-12(10(9)2)16-11(3)13-14-7-8-15-13;/h4-6,11H,7-8H2,1-3H3,(H,14,15);1H. The summed E-state index contributed by atoms with van der Waals surface area (Å²) in [6, 6.07) is 6.13. The minimum atomic E-state index is 0. The Hall–Kier alpha value is -1.22. The van der Waals surface area contributed by atoms with Crippen molar-refractivity contribution >= 4 is 18.2 Å². The van der Waals surface area contributed by atoms with E-state index in [1.54, 1.807) is 0 Å². The van der Waals surface area contributed by atoms with Crippen LogP contribution in [0, 0.1) is 13.8 Å². The Morgan fingerprint density at radius 2 is 2.12 bits per heavy atom. The van der Waals surface area contributed by atoms with Crippen LogP contribution in [0.3, 0.4) is 0 Å². The number of rotatable bonds is 3. The molecule has 0 amide bonds. The maximum absolute atomic E-state index is 5.92. The van der Waals surface area contributed by atoms with Crippen LogP contribution in [-0.4, -0.2) is 25.0 Å². The molecule has 1 aliphatic rings. The van der Waals surface area contributed by atoms with E-state index in [1.807, 2.05) is 19.1 Å². The molecule has 1 aromatic rings. The number of hydrogen-bond donors (Lipinski definition) is 1. The lowest BCUT2D eigenvalue weighted by Crippen LogP contribution is -2.33. The first-order valence-electron chi connectivity index (χ1n) is 5.69. The van der Waals surface area contributed by atoms with Crippen molar-refractivity contribution in [3.63, 3.8) is 0 Å². The molecular weight excluding hydrogens is 236 g/mol. The van der Waals surface area contributed by atoms with E-state index in [9.17, 15) is 0 Å². The zero-order chi connectivity index (χ0) is 11.5. The van der Waals surface area contributed by atoms with E-state index < -0.39 is 0 Å². The Bertz CT molecular complexity index is 418. The molecule has 0 aliphatic carbocycles. The minimum absolute atomic E-state index is 0. The Labute approximate surface area is 109 Å². The van der Waals surface area contributed by atoms with Gasteiger partial charge in [-0.25, -0.2) is 0 Å². The van der Waals surface area contributed by atoms with E-state index >= 15 is 0 Å². The summed E-state index contributed by atoms with van der Waals surface area (Å²) in [6.45, 7) is 7.99. The van der Waals surface area contributed by atoms with E-state index in [-0.39, 0.29) is 18.5 Å². The molecule has 0 saturated heterocycles. The lowest BCUT2D eigenvalue weighted by atomic mass is 10.1. The number of aliphatic imine (C=N–C) groups is 1. The fourth-order valence-corrected chi connectivity index (χ4v) is 1.79. The van der Waals surface area contributed by atoms with Gasteiger partial charge in [-0.05, 0) is 38.0 Å². The van der Waals surface area contributed by atoms with Crippen LogP contribution in [-0.2, 0) is 0 Å². The third-order valence-corrected chi connectivity index (χ3v) is 2.94. The number of amidine groups is 1. The second-order valence-corrected chi connectivity index (χ2v) is 4.15. The van der Waals surface area contributed by atoms with Gasteiger partial charge in [0, 0.05) is 6.54 Å². The third-order valence-electron chi connectivity index (χ3n) is 2.94. The molecule has 0 fully saturated rings. The number of nitrogens with one attached hydrogen (secondary N) is 1. The summed E-state index contributed by atoms with van der Waals surface area (Å²) in [7, 11) is 0. The monoisotopic (exact) mass is 254 g/mol. The van der Waals surface area contributed by atoms with Crippen LogP contribution in [0.1, 0.15) is 18.1 Å². The third kappa shape index (κ3) is 3.13. The highest BCUT2D eigenvalue weighted by Crippen LogP contribution is 2.21. The van der Waals surface area contributed by atoms with Crippen molar-refractivity contribution in [3.05, 3.63) is 29.3 Å². The van der Waals surface area contributed by atoms with Crippen molar-refractivity contribution in [3.8, 4) is 5.75 Å². The number of halogens is 1. The van der Waals surface area contributed by atoms with Gasteiger partial charge in [0.05, 0.1) is 6.54 Å². The molecule has 1 unspecified atom stereocenters. The van der Waals surface area contributed by atoms with Crippen molar-refractivity contribution in [2.45, 2.75) is 26.9 Å². The van der Waals surface area contributed by atoms with Gasteiger partial charge in [-0.15, -0.1) is 12.4 Å². The highest BCUT2D eigenvalue weighted by Gasteiger charge is 2.16. The summed E-state index contributed by atoms with van der Waals surface area (Å²) in [5.41, 5.74) is 2.46. The maximum Gasteiger partial charge on any atom is 0.152 e. The van der Waals surface area contributed by atoms with Gasteiger partial charge in [-0.2, -0.15) is 0 Å². The lowest BCUT2D eigenvalue weighted by Gasteiger charge is -2.17. The molecule has 3 nitrogen and oxygen atoms in total. The quantitative estimate of drug-likeness (QED) is 0.899. The lowest BCUT2D eigenvalue weighted by molar-refractivity contribution is 0.282. The molecule has 1 aliphatic heterocycles. The van der Waals surface area contributed by atoms with Gasteiger partial charge >= 0.3 is 0 Å². The van der Waals surface area contributed by atoms with Crippen LogP contribution < -0.4 is 10.1 Å². The number of aryl methyl sites for hydroxylation is 1. The second kappa shape index (κ2) is 5.92. The Balaban J connectivity index is 0.00000144. The summed E-state index contributed by atoms with van der Waals surface area (Å²) < 4.78 is 5.92. The molecule has 94 valence electrons. The molecule has 1 heterocycles. The number of ether oxygens (including phenoxy) is 1. The summed E-state index contributed by atoms with van der Waals surface area (Å²) in [6.07, 6.45) is 0.00278. The van der Waals surface area contributed by atoms with Gasteiger partial charge in [0.15, 0.2) is 6.10 Å². The molecule has 0 aromatic heterocycles. The van der Waals surface area contributed by atoms with Crippen molar-refractivity contribution in [2.75, 3.05) is 13.1 Å². The zero-order valence-corrected chi connectivity index (χ0v) is 11.3. The summed E-state index contributed by atoms with van der Waals surface area (Å²) in [4.78, 5) is 4.36. The summed E-state index contributed by atoms with van der Waals surface area (Å²) in [5, 5.41) is 3.24. The largest absolute Gasteiger partial charge is 0.483 e. The summed E-state index contributed by atoms with van der Waals surface area (Å²) >= 11 is 0. The number of nitrogens with zero attached hydrogens (tertiary/aromatic N) is 1. The highest BCUT2D eigenvalue weighted by atomic mass is 35.5. The molecule has 1 N–H and O–H groups in total. The van der Waals surface area contributed by atoms with Crippen LogP contribution in [0.25, 0.3) is 0 Å². The topological polar surface area (TPSA) is 33.6 Å². The minimum Gasteiger partial charge on any atom is -0.483 e. The molecule has 17 heavy (non-hydrogen) atoms. The van der Waals surface area contributed by atoms with Crippen molar-refractivity contribution in [1.82, 2.24) is 5.32 Å². The first-order valence-corrected chi connectivity index (χ1v) is 5.69. The smallest absolute Gasteiger partial charge is 0.152 e. The SMILES string of the molecule is Cc1cccc(OC(C)C2=NCCN2)c1C.Cl. The number of benzene rings is 1. The van der Waals surface area contributed by atoms with Crippen LogP contribution in [0.4, 0.5) is 0 Å². The fourth-order valence-electron chi connectivity index (χ4n) is 1.79. The molecule has 1 aromatic carbocycles.